The molecule has 0 N–H and O–H groups in total. The second-order valence-corrected chi connectivity index (χ2v) is 13.3. The van der Waals surface area contributed by atoms with Gasteiger partial charge in [-0.05, 0) is 101 Å². The van der Waals surface area contributed by atoms with Crippen molar-refractivity contribution in [2.45, 2.75) is 0 Å². The minimum Gasteiger partial charge on any atom is -0.306 e. The summed E-state index contributed by atoms with van der Waals surface area (Å²) in [6.45, 7) is 0. The molecule has 0 saturated heterocycles. The van der Waals surface area contributed by atoms with Crippen molar-refractivity contribution in [3.05, 3.63) is 176 Å². The van der Waals surface area contributed by atoms with Gasteiger partial charge in [-0.15, -0.1) is 0 Å². The van der Waals surface area contributed by atoms with Crippen LogP contribution in [0.2, 0.25) is 0 Å². The van der Waals surface area contributed by atoms with Gasteiger partial charge in [-0.3, -0.25) is 9.97 Å². The van der Waals surface area contributed by atoms with Gasteiger partial charge < -0.3 is 4.57 Å². The van der Waals surface area contributed by atoms with Crippen molar-refractivity contribution in [1.82, 2.24) is 14.5 Å². The largest absolute Gasteiger partial charge is 0.306 e. The fraction of sp³-hybridized carbons (Fsp3) is 0. The average molecular weight is 648 g/mol. The molecule has 7 aromatic carbocycles. The number of fused-ring (bicyclic) bond motifs is 7. The first-order chi connectivity index (χ1) is 25.3. The molecule has 3 nitrogen and oxygen atoms in total. The smallest absolute Gasteiger partial charge is 0.0725 e. The van der Waals surface area contributed by atoms with E-state index in [0.29, 0.717) is 0 Å². The van der Waals surface area contributed by atoms with Crippen LogP contribution in [0.1, 0.15) is 0 Å². The molecule has 0 saturated carbocycles. The third-order valence-electron chi connectivity index (χ3n) is 10.7. The first kappa shape index (κ1) is 28.0. The van der Waals surface area contributed by atoms with Gasteiger partial charge in [-0.2, -0.15) is 0 Å². The van der Waals surface area contributed by atoms with Crippen molar-refractivity contribution >= 4 is 43.4 Å². The summed E-state index contributed by atoms with van der Waals surface area (Å²) >= 11 is 0. The number of benzene rings is 7. The van der Waals surface area contributed by atoms with Crippen molar-refractivity contribution in [2.24, 2.45) is 0 Å². The number of hydrogen-bond donors (Lipinski definition) is 0. The number of nitrogens with zero attached hydrogens (tertiary/aromatic N) is 3. The summed E-state index contributed by atoms with van der Waals surface area (Å²) in [4.78, 5) is 9.00. The standard InChI is InChI=1S/C48H29N3/c1-3-11-30(12-4-1)44-38-17-7-8-18-39(38)45(31-13-5-2-6-14-31)48-41-22-21-34(37-19-10-20-40(46(37)41)47(44)48)32-15-9-16-33(27-32)51-42-28-49-25-23-35(42)36-24-26-50-29-43(36)51/h1-29H. The van der Waals surface area contributed by atoms with E-state index in [-0.39, 0.29) is 0 Å². The van der Waals surface area contributed by atoms with Crippen molar-refractivity contribution < 1.29 is 0 Å². The Morgan fingerprint density at radius 3 is 1.49 bits per heavy atom. The number of pyridine rings is 2. The van der Waals surface area contributed by atoms with E-state index in [2.05, 4.69) is 166 Å². The summed E-state index contributed by atoms with van der Waals surface area (Å²) in [7, 11) is 0. The van der Waals surface area contributed by atoms with Gasteiger partial charge in [0.1, 0.15) is 0 Å². The fourth-order valence-corrected chi connectivity index (χ4v) is 8.67. The van der Waals surface area contributed by atoms with Crippen LogP contribution >= 0.6 is 0 Å². The molecule has 0 aliphatic heterocycles. The summed E-state index contributed by atoms with van der Waals surface area (Å²) in [5.41, 5.74) is 15.9. The zero-order chi connectivity index (χ0) is 33.5. The van der Waals surface area contributed by atoms with Crippen LogP contribution in [0.4, 0.5) is 0 Å². The molecule has 51 heavy (non-hydrogen) atoms. The number of rotatable bonds is 4. The Labute approximate surface area is 294 Å². The molecule has 0 unspecified atom stereocenters. The van der Waals surface area contributed by atoms with Gasteiger partial charge in [0.15, 0.2) is 0 Å². The molecule has 3 heterocycles. The van der Waals surface area contributed by atoms with Crippen LogP contribution in [0.25, 0.3) is 105 Å². The number of hydrogen-bond acceptors (Lipinski definition) is 2. The second-order valence-electron chi connectivity index (χ2n) is 13.3. The molecule has 10 aromatic rings. The molecule has 3 aromatic heterocycles. The first-order valence-electron chi connectivity index (χ1n) is 17.4. The van der Waals surface area contributed by atoms with E-state index in [1.54, 1.807) is 0 Å². The summed E-state index contributed by atoms with van der Waals surface area (Å²) in [5, 5.41) is 7.46. The Bertz CT molecular complexity index is 2870. The van der Waals surface area contributed by atoms with Gasteiger partial charge in [-0.25, -0.2) is 0 Å². The SMILES string of the molecule is c1ccc(-c2c3c(c(-c4ccccc4)c4ccccc24)-c2ccc(-c4cccc(-n5c6cnccc6c6ccncc65)c4)c4cccc-3c24)cc1. The van der Waals surface area contributed by atoms with Gasteiger partial charge in [-0.1, -0.05) is 127 Å². The minimum absolute atomic E-state index is 1.07. The highest BCUT2D eigenvalue weighted by Gasteiger charge is 2.31. The predicted molar refractivity (Wildman–Crippen MR) is 212 cm³/mol. The Balaban J connectivity index is 1.20. The van der Waals surface area contributed by atoms with Crippen LogP contribution in [-0.2, 0) is 0 Å². The minimum atomic E-state index is 1.07. The molecule has 11 rings (SSSR count). The quantitative estimate of drug-likeness (QED) is 0.190. The Morgan fingerprint density at radius 2 is 0.863 bits per heavy atom. The maximum absolute atomic E-state index is 4.50. The lowest BCUT2D eigenvalue weighted by Gasteiger charge is -2.20. The lowest BCUT2D eigenvalue weighted by molar-refractivity contribution is 1.15. The maximum Gasteiger partial charge on any atom is 0.0725 e. The normalized spacial score (nSPS) is 11.9. The van der Waals surface area contributed by atoms with Crippen LogP contribution in [0.3, 0.4) is 0 Å². The summed E-state index contributed by atoms with van der Waals surface area (Å²) in [5.74, 6) is 0. The highest BCUT2D eigenvalue weighted by molar-refractivity contribution is 6.28. The van der Waals surface area contributed by atoms with Crippen molar-refractivity contribution in [1.29, 1.82) is 0 Å². The zero-order valence-corrected chi connectivity index (χ0v) is 27.6. The molecule has 3 heteroatoms. The van der Waals surface area contributed by atoms with Crippen molar-refractivity contribution in [3.63, 3.8) is 0 Å². The lowest BCUT2D eigenvalue weighted by atomic mass is 9.82. The topological polar surface area (TPSA) is 30.7 Å². The fourth-order valence-electron chi connectivity index (χ4n) is 8.67. The van der Waals surface area contributed by atoms with E-state index in [1.165, 1.54) is 88.0 Å². The van der Waals surface area contributed by atoms with Crippen molar-refractivity contribution in [2.75, 3.05) is 0 Å². The van der Waals surface area contributed by atoms with Crippen LogP contribution in [0.5, 0.6) is 0 Å². The van der Waals surface area contributed by atoms with Gasteiger partial charge in [0, 0.05) is 28.9 Å². The van der Waals surface area contributed by atoms with E-state index in [1.807, 2.05) is 24.8 Å². The molecular weight excluding hydrogens is 619 g/mol. The van der Waals surface area contributed by atoms with Gasteiger partial charge in [0.25, 0.3) is 0 Å². The highest BCUT2D eigenvalue weighted by Crippen LogP contribution is 2.58. The summed E-state index contributed by atoms with van der Waals surface area (Å²) < 4.78 is 2.29. The van der Waals surface area contributed by atoms with Crippen LogP contribution < -0.4 is 0 Å². The number of aromatic nitrogens is 3. The van der Waals surface area contributed by atoms with Gasteiger partial charge >= 0.3 is 0 Å². The molecule has 0 radical (unpaired) electrons. The predicted octanol–water partition coefficient (Wildman–Crippen LogP) is 12.5. The van der Waals surface area contributed by atoms with Crippen LogP contribution in [0, 0.1) is 0 Å². The molecule has 1 aliphatic rings. The van der Waals surface area contributed by atoms with E-state index >= 15 is 0 Å². The van der Waals surface area contributed by atoms with E-state index in [9.17, 15) is 0 Å². The third kappa shape index (κ3) is 4.00. The van der Waals surface area contributed by atoms with E-state index in [0.717, 1.165) is 16.7 Å². The molecule has 1 aliphatic carbocycles. The second kappa shape index (κ2) is 10.8. The molecule has 0 spiro atoms. The van der Waals surface area contributed by atoms with E-state index < -0.39 is 0 Å². The molecule has 0 amide bonds. The third-order valence-corrected chi connectivity index (χ3v) is 10.7. The zero-order valence-electron chi connectivity index (χ0n) is 27.6. The molecule has 236 valence electrons. The summed E-state index contributed by atoms with van der Waals surface area (Å²) in [6.07, 6.45) is 7.64. The Kier molecular flexibility index (Phi) is 5.96. The average Bonchev–Trinajstić information content (AvgIpc) is 3.72. The molecule has 0 fully saturated rings. The molecular formula is C48H29N3. The highest BCUT2D eigenvalue weighted by atomic mass is 15.0. The van der Waals surface area contributed by atoms with Crippen LogP contribution in [0.15, 0.2) is 176 Å². The Hall–Kier alpha value is -6.84. The van der Waals surface area contributed by atoms with Gasteiger partial charge in [0.05, 0.1) is 23.4 Å². The monoisotopic (exact) mass is 647 g/mol. The summed E-state index contributed by atoms with van der Waals surface area (Å²) in [6, 6.07) is 55.4. The molecule has 0 atom stereocenters. The van der Waals surface area contributed by atoms with Gasteiger partial charge in [0.2, 0.25) is 0 Å². The first-order valence-corrected chi connectivity index (χ1v) is 17.4. The maximum atomic E-state index is 4.50. The Morgan fingerprint density at radius 1 is 0.353 bits per heavy atom. The molecule has 0 bridgehead atoms. The van der Waals surface area contributed by atoms with Crippen molar-refractivity contribution in [3.8, 4) is 61.3 Å². The van der Waals surface area contributed by atoms with E-state index in [4.69, 9.17) is 0 Å². The van der Waals surface area contributed by atoms with Crippen LogP contribution in [-0.4, -0.2) is 14.5 Å². The lowest BCUT2D eigenvalue weighted by Crippen LogP contribution is -1.95.